The maximum atomic E-state index is 11.9. The number of ether oxygens (including phenoxy) is 1. The first-order valence-electron chi connectivity index (χ1n) is 5.88. The van der Waals surface area contributed by atoms with Crippen molar-refractivity contribution in [2.75, 3.05) is 33.4 Å². The van der Waals surface area contributed by atoms with Gasteiger partial charge in [0.05, 0.1) is 12.1 Å². The van der Waals surface area contributed by atoms with Gasteiger partial charge >= 0.3 is 0 Å². The first-order chi connectivity index (χ1) is 7.99. The predicted octanol–water partition coefficient (Wildman–Crippen LogP) is -0.911. The van der Waals surface area contributed by atoms with Crippen LogP contribution >= 0.6 is 0 Å². The van der Waals surface area contributed by atoms with E-state index in [1.807, 2.05) is 6.92 Å². The highest BCUT2D eigenvalue weighted by Crippen LogP contribution is 2.17. The monoisotopic (exact) mass is 243 g/mol. The highest BCUT2D eigenvalue weighted by molar-refractivity contribution is 5.90. The molecule has 0 aliphatic carbocycles. The Bertz CT molecular complexity index is 288. The third kappa shape index (κ3) is 3.67. The van der Waals surface area contributed by atoms with Crippen LogP contribution in [0.25, 0.3) is 0 Å². The van der Waals surface area contributed by atoms with Crippen molar-refractivity contribution in [3.63, 3.8) is 0 Å². The number of amides is 2. The van der Waals surface area contributed by atoms with Gasteiger partial charge < -0.3 is 20.7 Å². The van der Waals surface area contributed by atoms with Crippen LogP contribution < -0.4 is 11.1 Å². The van der Waals surface area contributed by atoms with Crippen LogP contribution in [0.5, 0.6) is 0 Å². The molecule has 0 aromatic heterocycles. The lowest BCUT2D eigenvalue weighted by Gasteiger charge is -2.31. The summed E-state index contributed by atoms with van der Waals surface area (Å²) in [4.78, 5) is 24.9. The van der Waals surface area contributed by atoms with Gasteiger partial charge in [-0.3, -0.25) is 9.59 Å². The van der Waals surface area contributed by atoms with Crippen molar-refractivity contribution in [2.24, 2.45) is 5.73 Å². The van der Waals surface area contributed by atoms with E-state index in [1.54, 1.807) is 11.9 Å². The average Bonchev–Trinajstić information content (AvgIpc) is 2.35. The van der Waals surface area contributed by atoms with Crippen molar-refractivity contribution < 1.29 is 14.3 Å². The molecule has 0 saturated carbocycles. The smallest absolute Gasteiger partial charge is 0.241 e. The molecule has 0 bridgehead atoms. The lowest BCUT2D eigenvalue weighted by Crippen LogP contribution is -2.58. The van der Waals surface area contributed by atoms with Gasteiger partial charge in [0.15, 0.2) is 0 Å². The Morgan fingerprint density at radius 3 is 2.53 bits per heavy atom. The Labute approximate surface area is 101 Å². The van der Waals surface area contributed by atoms with Crippen molar-refractivity contribution in [3.05, 3.63) is 0 Å². The Morgan fingerprint density at radius 1 is 1.41 bits per heavy atom. The van der Waals surface area contributed by atoms with Crippen molar-refractivity contribution in [1.29, 1.82) is 0 Å². The summed E-state index contributed by atoms with van der Waals surface area (Å²) in [5, 5.41) is 2.60. The molecule has 0 unspecified atom stereocenters. The van der Waals surface area contributed by atoms with Gasteiger partial charge in [0, 0.05) is 26.8 Å². The molecule has 1 rings (SSSR count). The number of carbonyl (C=O) groups is 2. The fourth-order valence-corrected chi connectivity index (χ4v) is 1.61. The third-order valence-corrected chi connectivity index (χ3v) is 3.14. The number of hydrogen-bond donors (Lipinski definition) is 2. The third-order valence-electron chi connectivity index (χ3n) is 3.14. The number of nitrogens with two attached hydrogens (primary N) is 1. The fourth-order valence-electron chi connectivity index (χ4n) is 1.61. The number of nitrogens with one attached hydrogen (secondary N) is 1. The summed E-state index contributed by atoms with van der Waals surface area (Å²) >= 11 is 0. The Morgan fingerprint density at radius 2 is 2.00 bits per heavy atom. The SMILES string of the molecule is CCN(C)C(=O)CNC(=O)C1(N)CCOCC1. The fraction of sp³-hybridized carbons (Fsp3) is 0.818. The lowest BCUT2D eigenvalue weighted by atomic mass is 9.90. The molecular formula is C11H21N3O3. The van der Waals surface area contributed by atoms with Gasteiger partial charge in [-0.05, 0) is 19.8 Å². The molecule has 98 valence electrons. The highest BCUT2D eigenvalue weighted by Gasteiger charge is 2.35. The van der Waals surface area contributed by atoms with Crippen LogP contribution in [-0.4, -0.2) is 55.6 Å². The molecule has 3 N–H and O–H groups in total. The molecule has 6 heteroatoms. The highest BCUT2D eigenvalue weighted by atomic mass is 16.5. The van der Waals surface area contributed by atoms with Crippen LogP contribution in [0, 0.1) is 0 Å². The molecule has 2 amide bonds. The van der Waals surface area contributed by atoms with Crippen LogP contribution in [0.1, 0.15) is 19.8 Å². The van der Waals surface area contributed by atoms with Crippen LogP contribution in [0.15, 0.2) is 0 Å². The van der Waals surface area contributed by atoms with Crippen molar-refractivity contribution in [1.82, 2.24) is 10.2 Å². The largest absolute Gasteiger partial charge is 0.381 e. The Balaban J connectivity index is 2.41. The van der Waals surface area contributed by atoms with E-state index in [0.29, 0.717) is 32.6 Å². The normalized spacial score (nSPS) is 18.5. The predicted molar refractivity (Wildman–Crippen MR) is 63.3 cm³/mol. The Kier molecular flexibility index (Phi) is 4.89. The zero-order valence-corrected chi connectivity index (χ0v) is 10.5. The zero-order valence-electron chi connectivity index (χ0n) is 10.5. The van der Waals surface area contributed by atoms with Gasteiger partial charge in [0.25, 0.3) is 0 Å². The van der Waals surface area contributed by atoms with E-state index in [9.17, 15) is 9.59 Å². The molecule has 1 aliphatic rings. The van der Waals surface area contributed by atoms with E-state index in [4.69, 9.17) is 10.5 Å². The summed E-state index contributed by atoms with van der Waals surface area (Å²) in [6, 6.07) is 0. The molecule has 0 aromatic carbocycles. The average molecular weight is 243 g/mol. The van der Waals surface area contributed by atoms with Gasteiger partial charge in [0.1, 0.15) is 0 Å². The van der Waals surface area contributed by atoms with Crippen LogP contribution in [0.3, 0.4) is 0 Å². The lowest BCUT2D eigenvalue weighted by molar-refractivity contribution is -0.135. The molecule has 1 fully saturated rings. The van der Waals surface area contributed by atoms with Gasteiger partial charge in [0.2, 0.25) is 11.8 Å². The van der Waals surface area contributed by atoms with E-state index in [0.717, 1.165) is 0 Å². The first kappa shape index (κ1) is 13.9. The molecule has 0 aromatic rings. The van der Waals surface area contributed by atoms with Crippen molar-refractivity contribution >= 4 is 11.8 Å². The standard InChI is InChI=1S/C11H21N3O3/c1-3-14(2)9(15)8-13-10(16)11(12)4-6-17-7-5-11/h3-8,12H2,1-2H3,(H,13,16). The summed E-state index contributed by atoms with van der Waals surface area (Å²) in [5.41, 5.74) is 5.09. The zero-order chi connectivity index (χ0) is 12.9. The second kappa shape index (κ2) is 5.97. The van der Waals surface area contributed by atoms with E-state index in [2.05, 4.69) is 5.32 Å². The summed E-state index contributed by atoms with van der Waals surface area (Å²) in [6.45, 7) is 3.49. The minimum atomic E-state index is -0.886. The summed E-state index contributed by atoms with van der Waals surface area (Å²) in [7, 11) is 1.70. The van der Waals surface area contributed by atoms with E-state index < -0.39 is 5.54 Å². The molecule has 1 saturated heterocycles. The second-order valence-corrected chi connectivity index (χ2v) is 4.36. The first-order valence-corrected chi connectivity index (χ1v) is 5.88. The molecule has 0 atom stereocenters. The van der Waals surface area contributed by atoms with Gasteiger partial charge in [-0.25, -0.2) is 0 Å². The van der Waals surface area contributed by atoms with Crippen LogP contribution in [0.4, 0.5) is 0 Å². The quantitative estimate of drug-likeness (QED) is 0.669. The van der Waals surface area contributed by atoms with Gasteiger partial charge in [-0.2, -0.15) is 0 Å². The number of hydrogen-bond acceptors (Lipinski definition) is 4. The molecule has 17 heavy (non-hydrogen) atoms. The summed E-state index contributed by atoms with van der Waals surface area (Å²) in [6.07, 6.45) is 0.993. The van der Waals surface area contributed by atoms with Crippen molar-refractivity contribution in [3.8, 4) is 0 Å². The molecule has 1 heterocycles. The second-order valence-electron chi connectivity index (χ2n) is 4.36. The van der Waals surface area contributed by atoms with E-state index >= 15 is 0 Å². The minimum Gasteiger partial charge on any atom is -0.381 e. The molecular weight excluding hydrogens is 222 g/mol. The van der Waals surface area contributed by atoms with Gasteiger partial charge in [-0.15, -0.1) is 0 Å². The molecule has 0 spiro atoms. The van der Waals surface area contributed by atoms with Gasteiger partial charge in [-0.1, -0.05) is 0 Å². The maximum absolute atomic E-state index is 11.9. The van der Waals surface area contributed by atoms with Crippen LogP contribution in [-0.2, 0) is 14.3 Å². The number of likely N-dealkylation sites (N-methyl/N-ethyl adjacent to an activating group) is 1. The molecule has 0 radical (unpaired) electrons. The number of nitrogens with zero attached hydrogens (tertiary/aromatic N) is 1. The molecule has 1 aliphatic heterocycles. The van der Waals surface area contributed by atoms with Crippen LogP contribution in [0.2, 0.25) is 0 Å². The number of rotatable bonds is 4. The minimum absolute atomic E-state index is 0.00296. The maximum Gasteiger partial charge on any atom is 0.241 e. The summed E-state index contributed by atoms with van der Waals surface area (Å²) < 4.78 is 5.16. The summed E-state index contributed by atoms with van der Waals surface area (Å²) in [5.74, 6) is -0.379. The Hall–Kier alpha value is -1.14. The number of carbonyl (C=O) groups excluding carboxylic acids is 2. The molecule has 6 nitrogen and oxygen atoms in total. The topological polar surface area (TPSA) is 84.7 Å². The van der Waals surface area contributed by atoms with Crippen molar-refractivity contribution in [2.45, 2.75) is 25.3 Å². The van der Waals surface area contributed by atoms with E-state index in [1.165, 1.54) is 0 Å². The van der Waals surface area contributed by atoms with E-state index in [-0.39, 0.29) is 18.4 Å².